The van der Waals surface area contributed by atoms with Crippen molar-refractivity contribution in [2.45, 2.75) is 6.18 Å². The summed E-state index contributed by atoms with van der Waals surface area (Å²) in [6.07, 6.45) is -4.68. The Morgan fingerprint density at radius 1 is 0.800 bits per heavy atom. The SMILES string of the molecule is O=C(c1ccccc1)c1ccc(C(=O)N2CCN(c3ccc(C(F)(F)F)cc3[N+](=O)[O-])CC2)cc1. The van der Waals surface area contributed by atoms with Crippen LogP contribution >= 0.6 is 0 Å². The van der Waals surface area contributed by atoms with E-state index in [1.807, 2.05) is 6.07 Å². The largest absolute Gasteiger partial charge is 0.416 e. The Labute approximate surface area is 198 Å². The van der Waals surface area contributed by atoms with Crippen molar-refractivity contribution in [2.75, 3.05) is 31.1 Å². The lowest BCUT2D eigenvalue weighted by Crippen LogP contribution is -2.49. The predicted octanol–water partition coefficient (Wildman–Crippen LogP) is 4.81. The number of piperazine rings is 1. The topological polar surface area (TPSA) is 83.8 Å². The first-order valence-corrected chi connectivity index (χ1v) is 10.7. The standard InChI is InChI=1S/C25H20F3N3O4/c26-25(27,28)20-10-11-21(22(16-20)31(34)35)29-12-14-30(15-13-29)24(33)19-8-6-18(7-9-19)23(32)17-4-2-1-3-5-17/h1-11,16H,12-15H2. The van der Waals surface area contributed by atoms with Gasteiger partial charge < -0.3 is 9.80 Å². The molecule has 0 N–H and O–H groups in total. The zero-order chi connectivity index (χ0) is 25.2. The van der Waals surface area contributed by atoms with Gasteiger partial charge in [0.15, 0.2) is 5.78 Å². The van der Waals surface area contributed by atoms with Crippen molar-refractivity contribution in [3.05, 3.63) is 105 Å². The third-order valence-corrected chi connectivity index (χ3v) is 5.84. The van der Waals surface area contributed by atoms with E-state index < -0.39 is 22.4 Å². The molecule has 1 aliphatic heterocycles. The summed E-state index contributed by atoms with van der Waals surface area (Å²) in [5.41, 5.74) is -0.246. The lowest BCUT2D eigenvalue weighted by atomic mass is 10.0. The van der Waals surface area contributed by atoms with Crippen LogP contribution in [0.4, 0.5) is 24.5 Å². The molecule has 1 heterocycles. The van der Waals surface area contributed by atoms with Crippen molar-refractivity contribution in [3.63, 3.8) is 0 Å². The summed E-state index contributed by atoms with van der Waals surface area (Å²) < 4.78 is 38.9. The van der Waals surface area contributed by atoms with Gasteiger partial charge >= 0.3 is 6.18 Å². The molecule has 0 saturated carbocycles. The maximum Gasteiger partial charge on any atom is 0.416 e. The van der Waals surface area contributed by atoms with Crippen molar-refractivity contribution in [1.82, 2.24) is 4.90 Å². The first-order valence-electron chi connectivity index (χ1n) is 10.7. The van der Waals surface area contributed by atoms with Gasteiger partial charge in [-0.1, -0.05) is 42.5 Å². The van der Waals surface area contributed by atoms with Crippen LogP contribution in [-0.4, -0.2) is 47.7 Å². The maximum absolute atomic E-state index is 13.0. The number of hydrogen-bond donors (Lipinski definition) is 0. The van der Waals surface area contributed by atoms with Crippen LogP contribution in [0.5, 0.6) is 0 Å². The number of carbonyl (C=O) groups excluding carboxylic acids is 2. The molecule has 7 nitrogen and oxygen atoms in total. The molecule has 3 aromatic rings. The quantitative estimate of drug-likeness (QED) is 0.296. The number of rotatable bonds is 5. The normalized spacial score (nSPS) is 14.0. The lowest BCUT2D eigenvalue weighted by Gasteiger charge is -2.36. The third-order valence-electron chi connectivity index (χ3n) is 5.84. The number of amides is 1. The highest BCUT2D eigenvalue weighted by Gasteiger charge is 2.34. The summed E-state index contributed by atoms with van der Waals surface area (Å²) in [4.78, 5) is 39.2. The van der Waals surface area contributed by atoms with Gasteiger partial charge in [0.2, 0.25) is 0 Å². The van der Waals surface area contributed by atoms with E-state index in [2.05, 4.69) is 0 Å². The number of alkyl halides is 3. The van der Waals surface area contributed by atoms with Crippen LogP contribution in [0.3, 0.4) is 0 Å². The molecule has 35 heavy (non-hydrogen) atoms. The Bertz CT molecular complexity index is 1250. The van der Waals surface area contributed by atoms with Crippen molar-refractivity contribution in [2.24, 2.45) is 0 Å². The van der Waals surface area contributed by atoms with Crippen molar-refractivity contribution in [1.29, 1.82) is 0 Å². The summed E-state index contributed by atoms with van der Waals surface area (Å²) in [6.45, 7) is 0.925. The molecule has 1 fully saturated rings. The number of ketones is 1. The second-order valence-corrected chi connectivity index (χ2v) is 8.01. The zero-order valence-electron chi connectivity index (χ0n) is 18.4. The molecule has 10 heteroatoms. The van der Waals surface area contributed by atoms with Crippen LogP contribution in [0.2, 0.25) is 0 Å². The van der Waals surface area contributed by atoms with E-state index in [1.54, 1.807) is 58.3 Å². The van der Waals surface area contributed by atoms with Gasteiger partial charge in [0.25, 0.3) is 11.6 Å². The Balaban J connectivity index is 1.43. The molecule has 0 spiro atoms. The summed E-state index contributed by atoms with van der Waals surface area (Å²) in [5.74, 6) is -0.415. The first-order chi connectivity index (χ1) is 16.6. The summed E-state index contributed by atoms with van der Waals surface area (Å²) in [7, 11) is 0. The van der Waals surface area contributed by atoms with Gasteiger partial charge in [-0.05, 0) is 24.3 Å². The van der Waals surface area contributed by atoms with Gasteiger partial charge in [-0.15, -0.1) is 0 Å². The molecule has 0 radical (unpaired) electrons. The Kier molecular flexibility index (Phi) is 6.54. The van der Waals surface area contributed by atoms with Gasteiger partial charge in [0, 0.05) is 48.9 Å². The van der Waals surface area contributed by atoms with Gasteiger partial charge in [-0.2, -0.15) is 13.2 Å². The number of carbonyl (C=O) groups is 2. The molecule has 0 atom stereocenters. The van der Waals surface area contributed by atoms with Gasteiger partial charge in [-0.3, -0.25) is 19.7 Å². The number of nitrogens with zero attached hydrogens (tertiary/aromatic N) is 3. The van der Waals surface area contributed by atoms with Crippen LogP contribution in [0, 0.1) is 10.1 Å². The predicted molar refractivity (Wildman–Crippen MR) is 123 cm³/mol. The lowest BCUT2D eigenvalue weighted by molar-refractivity contribution is -0.384. The molecule has 1 amide bonds. The van der Waals surface area contributed by atoms with Crippen molar-refractivity contribution >= 4 is 23.1 Å². The Morgan fingerprint density at radius 2 is 1.37 bits per heavy atom. The highest BCUT2D eigenvalue weighted by molar-refractivity contribution is 6.09. The van der Waals surface area contributed by atoms with Gasteiger partial charge in [0.05, 0.1) is 10.5 Å². The summed E-state index contributed by atoms with van der Waals surface area (Å²) >= 11 is 0. The smallest absolute Gasteiger partial charge is 0.362 e. The minimum atomic E-state index is -4.68. The van der Waals surface area contributed by atoms with E-state index in [4.69, 9.17) is 0 Å². The molecule has 4 rings (SSSR count). The molecule has 3 aromatic carbocycles. The van der Waals surface area contributed by atoms with E-state index >= 15 is 0 Å². The molecule has 0 aromatic heterocycles. The molecule has 0 aliphatic carbocycles. The molecular formula is C25H20F3N3O4. The van der Waals surface area contributed by atoms with Crippen molar-refractivity contribution < 1.29 is 27.7 Å². The average molecular weight is 483 g/mol. The molecule has 180 valence electrons. The Hall–Kier alpha value is -4.21. The number of nitro benzene ring substituents is 1. The van der Waals surface area contributed by atoms with Crippen LogP contribution in [0.25, 0.3) is 0 Å². The number of hydrogen-bond acceptors (Lipinski definition) is 5. The maximum atomic E-state index is 13.0. The molecular weight excluding hydrogens is 463 g/mol. The Morgan fingerprint density at radius 3 is 1.94 bits per heavy atom. The molecule has 0 bridgehead atoms. The molecule has 0 unspecified atom stereocenters. The second-order valence-electron chi connectivity index (χ2n) is 8.01. The minimum absolute atomic E-state index is 0.0823. The first kappa shape index (κ1) is 23.9. The number of nitro groups is 1. The summed E-state index contributed by atoms with van der Waals surface area (Å²) in [5, 5.41) is 11.4. The average Bonchev–Trinajstić information content (AvgIpc) is 2.87. The van der Waals surface area contributed by atoms with Crippen LogP contribution in [-0.2, 0) is 6.18 Å². The second kappa shape index (κ2) is 9.57. The monoisotopic (exact) mass is 483 g/mol. The fourth-order valence-corrected chi connectivity index (χ4v) is 3.97. The fraction of sp³-hybridized carbons (Fsp3) is 0.200. The van der Waals surface area contributed by atoms with Crippen molar-refractivity contribution in [3.8, 4) is 0 Å². The number of halogens is 3. The van der Waals surface area contributed by atoms with E-state index in [-0.39, 0.29) is 43.6 Å². The minimum Gasteiger partial charge on any atom is -0.362 e. The van der Waals surface area contributed by atoms with Crippen LogP contribution in [0.1, 0.15) is 31.8 Å². The van der Waals surface area contributed by atoms with Gasteiger partial charge in [-0.25, -0.2) is 0 Å². The van der Waals surface area contributed by atoms with Crippen LogP contribution < -0.4 is 4.90 Å². The molecule has 1 aliphatic rings. The van der Waals surface area contributed by atoms with E-state index in [9.17, 15) is 32.9 Å². The number of benzene rings is 3. The number of anilines is 1. The zero-order valence-corrected chi connectivity index (χ0v) is 18.4. The van der Waals surface area contributed by atoms with E-state index in [0.717, 1.165) is 12.1 Å². The van der Waals surface area contributed by atoms with E-state index in [0.29, 0.717) is 22.8 Å². The van der Waals surface area contributed by atoms with Gasteiger partial charge in [0.1, 0.15) is 5.69 Å². The molecule has 1 saturated heterocycles. The summed E-state index contributed by atoms with van der Waals surface area (Å²) in [6, 6.07) is 17.5. The highest BCUT2D eigenvalue weighted by Crippen LogP contribution is 2.36. The third kappa shape index (κ3) is 5.16. The van der Waals surface area contributed by atoms with Crippen LogP contribution in [0.15, 0.2) is 72.8 Å². The fourth-order valence-electron chi connectivity index (χ4n) is 3.97. The van der Waals surface area contributed by atoms with E-state index in [1.165, 1.54) is 0 Å². The highest BCUT2D eigenvalue weighted by atomic mass is 19.4.